The van der Waals surface area contributed by atoms with Gasteiger partial charge < -0.3 is 10.2 Å². The molecule has 86 valence electrons. The number of rotatable bonds is 3. The van der Waals surface area contributed by atoms with Gasteiger partial charge in [-0.1, -0.05) is 11.8 Å². The van der Waals surface area contributed by atoms with Crippen molar-refractivity contribution in [3.8, 4) is 5.75 Å². The molecule has 4 heteroatoms. The molecule has 0 aliphatic carbocycles. The van der Waals surface area contributed by atoms with Crippen molar-refractivity contribution in [2.75, 3.05) is 0 Å². The molecule has 1 aromatic carbocycles. The second-order valence-corrected chi connectivity index (χ2v) is 4.60. The Bertz CT molecular complexity index is 446. The summed E-state index contributed by atoms with van der Waals surface area (Å²) in [5.74, 6) is 0.0670. The average Bonchev–Trinajstić information content (AvgIpc) is 2.18. The van der Waals surface area contributed by atoms with Crippen molar-refractivity contribution >= 4 is 17.5 Å². The van der Waals surface area contributed by atoms with Crippen molar-refractivity contribution in [2.24, 2.45) is 0 Å². The first-order chi connectivity index (χ1) is 7.41. The molecule has 0 aliphatic rings. The predicted molar refractivity (Wildman–Crippen MR) is 64.7 cm³/mol. The third-order valence-corrected chi connectivity index (χ3v) is 3.31. The van der Waals surface area contributed by atoms with Gasteiger partial charge in [0.2, 0.25) is 0 Å². The van der Waals surface area contributed by atoms with Crippen LogP contribution in [0.15, 0.2) is 33.8 Å². The number of aliphatic hydroxyl groups is 1. The highest BCUT2D eigenvalue weighted by molar-refractivity contribution is 8.04. The summed E-state index contributed by atoms with van der Waals surface area (Å²) in [4.78, 5) is 12.4. The van der Waals surface area contributed by atoms with Crippen molar-refractivity contribution in [2.45, 2.75) is 25.7 Å². The first-order valence-electron chi connectivity index (χ1n) is 4.80. The predicted octanol–water partition coefficient (Wildman–Crippen LogP) is 3.17. The molecule has 2 N–H and O–H groups in total. The van der Waals surface area contributed by atoms with Crippen LogP contribution < -0.4 is 0 Å². The van der Waals surface area contributed by atoms with E-state index in [1.54, 1.807) is 25.1 Å². The maximum absolute atomic E-state index is 11.3. The Hall–Kier alpha value is -1.42. The summed E-state index contributed by atoms with van der Waals surface area (Å²) >= 11 is 1.20. The lowest BCUT2D eigenvalue weighted by Crippen LogP contribution is -1.96. The molecule has 0 radical (unpaired) electrons. The van der Waals surface area contributed by atoms with Gasteiger partial charge in [0, 0.05) is 4.90 Å². The molecule has 0 fully saturated rings. The fourth-order valence-corrected chi connectivity index (χ4v) is 2.11. The minimum absolute atomic E-state index is 0.0169. The van der Waals surface area contributed by atoms with Crippen molar-refractivity contribution in [1.29, 1.82) is 0 Å². The fourth-order valence-electron chi connectivity index (χ4n) is 1.21. The van der Waals surface area contributed by atoms with Gasteiger partial charge in [-0.2, -0.15) is 0 Å². The van der Waals surface area contributed by atoms with E-state index in [1.807, 2.05) is 0 Å². The smallest absolute Gasteiger partial charge is 0.169 e. The van der Waals surface area contributed by atoms with Gasteiger partial charge in [0.1, 0.15) is 11.5 Å². The Labute approximate surface area is 98.8 Å². The second kappa shape index (κ2) is 5.07. The molecule has 0 spiro atoms. The lowest BCUT2D eigenvalue weighted by molar-refractivity contribution is -0.113. The first kappa shape index (κ1) is 12.6. The number of hydrogen-bond acceptors (Lipinski definition) is 4. The largest absolute Gasteiger partial charge is 0.511 e. The molecule has 0 amide bonds. The zero-order valence-electron chi connectivity index (χ0n) is 9.44. The number of hydrogen-bond donors (Lipinski definition) is 2. The molecule has 0 unspecified atom stereocenters. The SMILES string of the molecule is CC(=O)/C(Sc1ccc(O)c(C)c1)=C(/C)O. The van der Waals surface area contributed by atoms with Crippen LogP contribution >= 0.6 is 11.8 Å². The van der Waals surface area contributed by atoms with Crippen LogP contribution in [0.25, 0.3) is 0 Å². The van der Waals surface area contributed by atoms with Gasteiger partial charge in [-0.15, -0.1) is 0 Å². The Morgan fingerprint density at radius 1 is 1.31 bits per heavy atom. The van der Waals surface area contributed by atoms with E-state index < -0.39 is 0 Å². The van der Waals surface area contributed by atoms with E-state index in [4.69, 9.17) is 0 Å². The summed E-state index contributed by atoms with van der Waals surface area (Å²) in [5.41, 5.74) is 0.739. The number of phenols is 1. The van der Waals surface area contributed by atoms with Gasteiger partial charge in [-0.25, -0.2) is 0 Å². The molecule has 1 rings (SSSR count). The van der Waals surface area contributed by atoms with Crippen LogP contribution in [0, 0.1) is 6.92 Å². The zero-order valence-corrected chi connectivity index (χ0v) is 10.3. The maximum Gasteiger partial charge on any atom is 0.169 e. The van der Waals surface area contributed by atoms with Crippen molar-refractivity contribution in [3.05, 3.63) is 34.4 Å². The summed E-state index contributed by atoms with van der Waals surface area (Å²) in [6.07, 6.45) is 0. The third-order valence-electron chi connectivity index (χ3n) is 2.04. The molecule has 0 saturated heterocycles. The van der Waals surface area contributed by atoms with Gasteiger partial charge in [0.25, 0.3) is 0 Å². The number of carbonyl (C=O) groups excluding carboxylic acids is 1. The minimum Gasteiger partial charge on any atom is -0.511 e. The van der Waals surface area contributed by atoms with Gasteiger partial charge in [0.15, 0.2) is 5.78 Å². The second-order valence-electron chi connectivity index (χ2n) is 3.52. The number of aryl methyl sites for hydroxylation is 1. The minimum atomic E-state index is -0.171. The van der Waals surface area contributed by atoms with Crippen LogP contribution in [-0.2, 0) is 4.79 Å². The summed E-state index contributed by atoms with van der Waals surface area (Å²) in [6.45, 7) is 4.68. The number of carbonyl (C=O) groups is 1. The van der Waals surface area contributed by atoms with Crippen LogP contribution in [0.2, 0.25) is 0 Å². The third kappa shape index (κ3) is 3.03. The standard InChI is InChI=1S/C12H14O3S/c1-7-6-10(4-5-11(7)15)16-12(8(2)13)9(3)14/h4-6,13,15H,1-3H3/b12-8+. The number of aliphatic hydroxyl groups excluding tert-OH is 1. The number of ketones is 1. The Morgan fingerprint density at radius 2 is 1.94 bits per heavy atom. The lowest BCUT2D eigenvalue weighted by atomic mass is 10.2. The normalized spacial score (nSPS) is 12.2. The summed E-state index contributed by atoms with van der Waals surface area (Å²) in [6, 6.07) is 5.05. The number of Topliss-reactive ketones (excluding diaryl/α,β-unsaturated/α-hetero) is 1. The number of benzene rings is 1. The molecular formula is C12H14O3S. The van der Waals surface area contributed by atoms with Gasteiger partial charge >= 0.3 is 0 Å². The molecule has 0 aliphatic heterocycles. The number of thioether (sulfide) groups is 1. The molecule has 1 aromatic rings. The topological polar surface area (TPSA) is 57.5 Å². The summed E-state index contributed by atoms with van der Waals surface area (Å²) in [7, 11) is 0. The van der Waals surface area contributed by atoms with Gasteiger partial charge in [-0.05, 0) is 44.5 Å². The van der Waals surface area contributed by atoms with E-state index in [-0.39, 0.29) is 17.3 Å². The molecule has 0 atom stereocenters. The Balaban J connectivity index is 3.00. The van der Waals surface area contributed by atoms with Crippen LogP contribution in [0.3, 0.4) is 0 Å². The molecular weight excluding hydrogens is 224 g/mol. The first-order valence-corrected chi connectivity index (χ1v) is 5.61. The van der Waals surface area contributed by atoms with E-state index in [9.17, 15) is 15.0 Å². The van der Waals surface area contributed by atoms with Crippen LogP contribution in [0.5, 0.6) is 5.75 Å². The molecule has 3 nitrogen and oxygen atoms in total. The lowest BCUT2D eigenvalue weighted by Gasteiger charge is -2.06. The van der Waals surface area contributed by atoms with E-state index in [0.717, 1.165) is 10.5 Å². The quantitative estimate of drug-likeness (QED) is 0.482. The van der Waals surface area contributed by atoms with E-state index in [0.29, 0.717) is 4.91 Å². The van der Waals surface area contributed by atoms with Gasteiger partial charge in [0.05, 0.1) is 4.91 Å². The molecule has 0 heterocycles. The number of allylic oxidation sites excluding steroid dienone is 2. The molecule has 0 bridgehead atoms. The van der Waals surface area contributed by atoms with Crippen LogP contribution in [-0.4, -0.2) is 16.0 Å². The highest BCUT2D eigenvalue weighted by atomic mass is 32.2. The van der Waals surface area contributed by atoms with E-state index >= 15 is 0 Å². The van der Waals surface area contributed by atoms with Crippen molar-refractivity contribution < 1.29 is 15.0 Å². The van der Waals surface area contributed by atoms with Crippen molar-refractivity contribution in [1.82, 2.24) is 0 Å². The van der Waals surface area contributed by atoms with E-state index in [2.05, 4.69) is 0 Å². The van der Waals surface area contributed by atoms with Gasteiger partial charge in [-0.3, -0.25) is 4.79 Å². The van der Waals surface area contributed by atoms with Crippen molar-refractivity contribution in [3.63, 3.8) is 0 Å². The molecule has 0 saturated carbocycles. The Morgan fingerprint density at radius 3 is 2.38 bits per heavy atom. The number of phenolic OH excluding ortho intramolecular Hbond substituents is 1. The monoisotopic (exact) mass is 238 g/mol. The maximum atomic E-state index is 11.3. The summed E-state index contributed by atoms with van der Waals surface area (Å²) in [5, 5.41) is 18.7. The zero-order chi connectivity index (χ0) is 12.3. The van der Waals surface area contributed by atoms with Crippen LogP contribution in [0.1, 0.15) is 19.4 Å². The summed E-state index contributed by atoms with van der Waals surface area (Å²) < 4.78 is 0. The molecule has 0 aromatic heterocycles. The molecule has 16 heavy (non-hydrogen) atoms. The van der Waals surface area contributed by atoms with E-state index in [1.165, 1.54) is 25.6 Å². The highest BCUT2D eigenvalue weighted by Gasteiger charge is 2.10. The average molecular weight is 238 g/mol. The number of aromatic hydroxyl groups is 1. The highest BCUT2D eigenvalue weighted by Crippen LogP contribution is 2.31. The van der Waals surface area contributed by atoms with Crippen LogP contribution in [0.4, 0.5) is 0 Å². The Kier molecular flexibility index (Phi) is 4.01. The fraction of sp³-hybridized carbons (Fsp3) is 0.250.